The summed E-state index contributed by atoms with van der Waals surface area (Å²) < 4.78 is 8.28. The number of carbonyl (C=O) groups is 2. The van der Waals surface area contributed by atoms with Crippen LogP contribution in [0, 0.1) is 13.8 Å². The van der Waals surface area contributed by atoms with E-state index in [2.05, 4.69) is 20.9 Å². The third-order valence-electron chi connectivity index (χ3n) is 4.59. The fourth-order valence-electron chi connectivity index (χ4n) is 2.70. The minimum atomic E-state index is -0.827. The first-order valence-corrected chi connectivity index (χ1v) is 8.96. The highest BCUT2D eigenvalue weighted by atomic mass is 16.5. The Labute approximate surface area is 166 Å². The summed E-state index contributed by atoms with van der Waals surface area (Å²) in [5.41, 5.74) is 6.60. The highest BCUT2D eigenvalue weighted by Gasteiger charge is 2.17. The van der Waals surface area contributed by atoms with Crippen LogP contribution in [0.1, 0.15) is 18.1 Å². The zero-order valence-electron chi connectivity index (χ0n) is 16.6. The quantitative estimate of drug-likeness (QED) is 0.599. The molecule has 2 heterocycles. The molecule has 2 aromatic heterocycles. The summed E-state index contributed by atoms with van der Waals surface area (Å²) in [5.74, 6) is -0.502. The van der Waals surface area contributed by atoms with E-state index in [0.29, 0.717) is 16.8 Å². The van der Waals surface area contributed by atoms with Crippen LogP contribution >= 0.6 is 0 Å². The van der Waals surface area contributed by atoms with Crippen LogP contribution in [0.4, 0.5) is 0 Å². The molecule has 0 bridgehead atoms. The van der Waals surface area contributed by atoms with Gasteiger partial charge in [0.15, 0.2) is 11.8 Å². The monoisotopic (exact) mass is 398 g/mol. The Bertz CT molecular complexity index is 1130. The molecule has 2 N–H and O–H groups in total. The van der Waals surface area contributed by atoms with Crippen LogP contribution in [0.25, 0.3) is 11.0 Å². The number of aryl methyl sites for hydroxylation is 2. The molecule has 0 fully saturated rings. The summed E-state index contributed by atoms with van der Waals surface area (Å²) in [5, 5.41) is 4.28. The third kappa shape index (κ3) is 4.26. The van der Waals surface area contributed by atoms with Crippen LogP contribution in [0.2, 0.25) is 0 Å². The minimum Gasteiger partial charge on any atom is -0.481 e. The van der Waals surface area contributed by atoms with Crippen LogP contribution in [0.3, 0.4) is 0 Å². The van der Waals surface area contributed by atoms with Gasteiger partial charge < -0.3 is 4.74 Å². The van der Waals surface area contributed by atoms with Gasteiger partial charge in [0.2, 0.25) is 0 Å². The Morgan fingerprint density at radius 3 is 2.76 bits per heavy atom. The van der Waals surface area contributed by atoms with Crippen molar-refractivity contribution >= 4 is 22.8 Å². The Hall–Kier alpha value is -3.69. The van der Waals surface area contributed by atoms with Gasteiger partial charge in [-0.1, -0.05) is 12.1 Å². The van der Waals surface area contributed by atoms with Crippen LogP contribution in [0.5, 0.6) is 5.75 Å². The molecule has 0 saturated carbocycles. The van der Waals surface area contributed by atoms with Crippen LogP contribution < -0.4 is 21.1 Å². The average Bonchev–Trinajstić information content (AvgIpc) is 3.07. The number of hydrogen-bond acceptors (Lipinski definition) is 6. The van der Waals surface area contributed by atoms with Gasteiger partial charge in [-0.3, -0.25) is 34.5 Å². The summed E-state index contributed by atoms with van der Waals surface area (Å²) in [6.45, 7) is 5.13. The summed E-state index contributed by atoms with van der Waals surface area (Å²) in [6, 6.07) is 5.57. The van der Waals surface area contributed by atoms with Crippen molar-refractivity contribution in [3.05, 3.63) is 52.2 Å². The van der Waals surface area contributed by atoms with Crippen molar-refractivity contribution in [1.82, 2.24) is 30.2 Å². The van der Waals surface area contributed by atoms with E-state index in [9.17, 15) is 14.4 Å². The largest absolute Gasteiger partial charge is 0.481 e. The number of aromatic nitrogens is 4. The van der Waals surface area contributed by atoms with E-state index >= 15 is 0 Å². The normalized spacial score (nSPS) is 11.9. The van der Waals surface area contributed by atoms with E-state index in [-0.39, 0.29) is 6.54 Å². The fourth-order valence-corrected chi connectivity index (χ4v) is 2.70. The lowest BCUT2D eigenvalue weighted by atomic mass is 10.1. The van der Waals surface area contributed by atoms with Crippen molar-refractivity contribution in [3.63, 3.8) is 0 Å². The van der Waals surface area contributed by atoms with Crippen LogP contribution in [-0.2, 0) is 23.2 Å². The number of rotatable bonds is 5. The lowest BCUT2D eigenvalue weighted by Gasteiger charge is -2.17. The Kier molecular flexibility index (Phi) is 5.62. The molecule has 0 aliphatic heterocycles. The summed E-state index contributed by atoms with van der Waals surface area (Å²) in [6.07, 6.45) is 1.83. The number of nitrogens with zero attached hydrogens (tertiary/aromatic N) is 4. The first kappa shape index (κ1) is 20.1. The minimum absolute atomic E-state index is 0.302. The van der Waals surface area contributed by atoms with Crippen molar-refractivity contribution in [3.8, 4) is 5.75 Å². The van der Waals surface area contributed by atoms with Crippen molar-refractivity contribution in [2.75, 3.05) is 0 Å². The number of amides is 2. The number of carbonyl (C=O) groups excluding carboxylic acids is 2. The van der Waals surface area contributed by atoms with Crippen LogP contribution in [-0.4, -0.2) is 37.2 Å². The molecule has 10 heteroatoms. The topological polar surface area (TPSA) is 120 Å². The van der Waals surface area contributed by atoms with Crippen molar-refractivity contribution in [2.45, 2.75) is 33.4 Å². The third-order valence-corrected chi connectivity index (χ3v) is 4.59. The second-order valence-electron chi connectivity index (χ2n) is 6.68. The SMILES string of the molecule is Cc1cccc(OC(C)C(=O)NNC(=O)Cn2cnc3c(cnn3C)c2=O)c1C. The van der Waals surface area contributed by atoms with E-state index in [4.69, 9.17) is 4.74 Å². The number of nitrogens with one attached hydrogen (secondary N) is 2. The van der Waals surface area contributed by atoms with Crippen molar-refractivity contribution < 1.29 is 14.3 Å². The standard InChI is InChI=1S/C19H22N6O4/c1-11-6-5-7-15(12(11)2)29-13(3)18(27)23-22-16(26)9-25-10-20-17-14(19(25)28)8-21-24(17)4/h5-8,10,13H,9H2,1-4H3,(H,22,26)(H,23,27). The van der Waals surface area contributed by atoms with Gasteiger partial charge in [-0.15, -0.1) is 0 Å². The van der Waals surface area contributed by atoms with E-state index in [1.54, 1.807) is 20.0 Å². The van der Waals surface area contributed by atoms with E-state index < -0.39 is 23.5 Å². The predicted octanol–water partition coefficient (Wildman–Crippen LogP) is 0.362. The molecule has 0 radical (unpaired) electrons. The molecular formula is C19H22N6O4. The maximum Gasteiger partial charge on any atom is 0.279 e. The highest BCUT2D eigenvalue weighted by Crippen LogP contribution is 2.21. The number of fused-ring (bicyclic) bond motifs is 1. The molecule has 1 unspecified atom stereocenters. The number of hydrogen-bond donors (Lipinski definition) is 2. The van der Waals surface area contributed by atoms with Crippen molar-refractivity contribution in [1.29, 1.82) is 0 Å². The fraction of sp³-hybridized carbons (Fsp3) is 0.316. The molecule has 3 aromatic rings. The smallest absolute Gasteiger partial charge is 0.279 e. The molecule has 0 spiro atoms. The molecule has 29 heavy (non-hydrogen) atoms. The molecule has 10 nitrogen and oxygen atoms in total. The lowest BCUT2D eigenvalue weighted by Crippen LogP contribution is -2.48. The molecule has 0 saturated heterocycles. The Morgan fingerprint density at radius 1 is 1.24 bits per heavy atom. The van der Waals surface area contributed by atoms with E-state index in [1.807, 2.05) is 26.0 Å². The highest BCUT2D eigenvalue weighted by molar-refractivity contribution is 5.84. The van der Waals surface area contributed by atoms with Gasteiger partial charge in [0.25, 0.3) is 17.4 Å². The number of ether oxygens (including phenoxy) is 1. The summed E-state index contributed by atoms with van der Waals surface area (Å²) >= 11 is 0. The van der Waals surface area contributed by atoms with Gasteiger partial charge in [-0.25, -0.2) is 4.98 Å². The lowest BCUT2D eigenvalue weighted by molar-refractivity contribution is -0.133. The second-order valence-corrected chi connectivity index (χ2v) is 6.68. The zero-order valence-corrected chi connectivity index (χ0v) is 16.6. The zero-order chi connectivity index (χ0) is 21.1. The Balaban J connectivity index is 1.57. The van der Waals surface area contributed by atoms with Gasteiger partial charge >= 0.3 is 0 Å². The van der Waals surface area contributed by atoms with Gasteiger partial charge in [0.1, 0.15) is 24.0 Å². The molecule has 0 aliphatic rings. The second kappa shape index (κ2) is 8.13. The maximum absolute atomic E-state index is 12.4. The van der Waals surface area contributed by atoms with Crippen LogP contribution in [0.15, 0.2) is 35.5 Å². The molecule has 2 amide bonds. The predicted molar refractivity (Wildman–Crippen MR) is 105 cm³/mol. The molecule has 0 aliphatic carbocycles. The van der Waals surface area contributed by atoms with Crippen molar-refractivity contribution in [2.24, 2.45) is 7.05 Å². The number of benzene rings is 1. The molecule has 152 valence electrons. The summed E-state index contributed by atoms with van der Waals surface area (Å²) in [7, 11) is 1.67. The average molecular weight is 398 g/mol. The number of hydrazine groups is 1. The molecule has 3 rings (SSSR count). The van der Waals surface area contributed by atoms with E-state index in [0.717, 1.165) is 15.7 Å². The Morgan fingerprint density at radius 2 is 2.00 bits per heavy atom. The first-order chi connectivity index (χ1) is 13.8. The van der Waals surface area contributed by atoms with Gasteiger partial charge in [-0.05, 0) is 38.0 Å². The maximum atomic E-state index is 12.4. The molecule has 1 aromatic carbocycles. The van der Waals surface area contributed by atoms with Gasteiger partial charge in [0.05, 0.1) is 6.20 Å². The van der Waals surface area contributed by atoms with Gasteiger partial charge in [-0.2, -0.15) is 5.10 Å². The van der Waals surface area contributed by atoms with E-state index in [1.165, 1.54) is 17.2 Å². The summed E-state index contributed by atoms with van der Waals surface area (Å²) in [4.78, 5) is 40.8. The first-order valence-electron chi connectivity index (χ1n) is 8.96. The van der Waals surface area contributed by atoms with Gasteiger partial charge in [0, 0.05) is 7.05 Å². The molecular weight excluding hydrogens is 376 g/mol. The molecule has 1 atom stereocenters.